The number of nitrogens with one attached hydrogen (secondary N) is 2. The number of carbonyl (C=O) groups excluding carboxylic acids is 2. The summed E-state index contributed by atoms with van der Waals surface area (Å²) in [6.07, 6.45) is 3.58. The van der Waals surface area contributed by atoms with Gasteiger partial charge in [-0.15, -0.1) is 0 Å². The zero-order chi connectivity index (χ0) is 17.9. The molecule has 0 spiro atoms. The third-order valence-electron chi connectivity index (χ3n) is 4.54. The van der Waals surface area contributed by atoms with E-state index in [1.165, 1.54) is 19.1 Å². The molecule has 1 atom stereocenters. The first kappa shape index (κ1) is 18.4. The van der Waals surface area contributed by atoms with Crippen molar-refractivity contribution in [1.29, 1.82) is 0 Å². The van der Waals surface area contributed by atoms with Gasteiger partial charge < -0.3 is 5.32 Å². The molecular weight excluding hydrogens is 328 g/mol. The number of carbonyl (C=O) groups is 2. The van der Waals surface area contributed by atoms with Crippen molar-refractivity contribution in [3.05, 3.63) is 29.3 Å². The average molecular weight is 352 g/mol. The van der Waals surface area contributed by atoms with Crippen LogP contribution in [0.25, 0.3) is 0 Å². The maximum Gasteiger partial charge on any atom is 0.264 e. The normalized spacial score (nSPS) is 16.6. The number of aryl methyl sites for hydroxylation is 2. The van der Waals surface area contributed by atoms with E-state index in [1.807, 2.05) is 13.8 Å². The molecule has 132 valence electrons. The molecule has 2 rings (SSSR count). The third-order valence-corrected chi connectivity index (χ3v) is 5.88. The Kier molecular flexibility index (Phi) is 5.64. The number of sulfonamides is 1. The summed E-state index contributed by atoms with van der Waals surface area (Å²) in [5.41, 5.74) is 1.81. The van der Waals surface area contributed by atoms with Crippen molar-refractivity contribution in [1.82, 2.24) is 10.0 Å². The second kappa shape index (κ2) is 7.34. The summed E-state index contributed by atoms with van der Waals surface area (Å²) in [5, 5.41) is 2.60. The largest absolute Gasteiger partial charge is 0.344 e. The molecule has 1 aromatic carbocycles. The standard InChI is InChI=1S/C17H24N2O4S/c1-11-8-9-15(10-12(11)2)24(22,23)19-17(21)16(18-13(3)20)14-6-4-5-7-14/h8-10,14,16H,4-7H2,1-3H3,(H,18,20)(H,19,21)/t16-/m1/s1. The highest BCUT2D eigenvalue weighted by Crippen LogP contribution is 2.28. The van der Waals surface area contributed by atoms with E-state index in [-0.39, 0.29) is 16.7 Å². The second-order valence-electron chi connectivity index (χ2n) is 6.44. The Balaban J connectivity index is 2.20. The number of rotatable bonds is 5. The molecule has 0 heterocycles. The van der Waals surface area contributed by atoms with Crippen LogP contribution < -0.4 is 10.0 Å². The lowest BCUT2D eigenvalue weighted by molar-refractivity contribution is -0.128. The zero-order valence-electron chi connectivity index (χ0n) is 14.3. The van der Waals surface area contributed by atoms with E-state index >= 15 is 0 Å². The van der Waals surface area contributed by atoms with Crippen molar-refractivity contribution in [2.24, 2.45) is 5.92 Å². The fraction of sp³-hybridized carbons (Fsp3) is 0.529. The van der Waals surface area contributed by atoms with Gasteiger partial charge >= 0.3 is 0 Å². The van der Waals surface area contributed by atoms with Gasteiger partial charge in [0.1, 0.15) is 6.04 Å². The van der Waals surface area contributed by atoms with Gasteiger partial charge in [0.25, 0.3) is 15.9 Å². The number of hydrogen-bond acceptors (Lipinski definition) is 4. The van der Waals surface area contributed by atoms with Gasteiger partial charge in [0, 0.05) is 6.92 Å². The van der Waals surface area contributed by atoms with Crippen LogP contribution in [0.2, 0.25) is 0 Å². The van der Waals surface area contributed by atoms with E-state index in [4.69, 9.17) is 0 Å². The van der Waals surface area contributed by atoms with Crippen LogP contribution >= 0.6 is 0 Å². The van der Waals surface area contributed by atoms with Gasteiger partial charge in [-0.3, -0.25) is 9.59 Å². The quantitative estimate of drug-likeness (QED) is 0.845. The van der Waals surface area contributed by atoms with Crippen LogP contribution in [0.4, 0.5) is 0 Å². The minimum atomic E-state index is -3.96. The number of amides is 2. The molecule has 6 nitrogen and oxygen atoms in total. The maximum atomic E-state index is 12.5. The molecule has 0 unspecified atom stereocenters. The van der Waals surface area contributed by atoms with Gasteiger partial charge in [0.15, 0.2) is 0 Å². The van der Waals surface area contributed by atoms with E-state index in [1.54, 1.807) is 6.07 Å². The van der Waals surface area contributed by atoms with Gasteiger partial charge in [-0.1, -0.05) is 18.9 Å². The van der Waals surface area contributed by atoms with Crippen molar-refractivity contribution in [3.63, 3.8) is 0 Å². The topological polar surface area (TPSA) is 92.3 Å². The molecule has 1 saturated carbocycles. The molecule has 1 aromatic rings. The molecular formula is C17H24N2O4S. The average Bonchev–Trinajstić information content (AvgIpc) is 3.00. The number of hydrogen-bond donors (Lipinski definition) is 2. The smallest absolute Gasteiger partial charge is 0.264 e. The lowest BCUT2D eigenvalue weighted by atomic mass is 9.97. The van der Waals surface area contributed by atoms with Crippen LogP contribution in [0.3, 0.4) is 0 Å². The van der Waals surface area contributed by atoms with Crippen molar-refractivity contribution < 1.29 is 18.0 Å². The van der Waals surface area contributed by atoms with Crippen LogP contribution in [0, 0.1) is 19.8 Å². The fourth-order valence-electron chi connectivity index (χ4n) is 3.04. The van der Waals surface area contributed by atoms with Crippen molar-refractivity contribution >= 4 is 21.8 Å². The first-order valence-electron chi connectivity index (χ1n) is 8.12. The Morgan fingerprint density at radius 3 is 2.29 bits per heavy atom. The molecule has 0 aromatic heterocycles. The van der Waals surface area contributed by atoms with E-state index in [0.717, 1.165) is 36.8 Å². The number of benzene rings is 1. The molecule has 0 bridgehead atoms. The molecule has 1 fully saturated rings. The predicted molar refractivity (Wildman–Crippen MR) is 90.8 cm³/mol. The summed E-state index contributed by atoms with van der Waals surface area (Å²) in [6, 6.07) is 3.90. The van der Waals surface area contributed by atoms with Crippen molar-refractivity contribution in [2.45, 2.75) is 57.4 Å². The van der Waals surface area contributed by atoms with Gasteiger partial charge in [-0.2, -0.15) is 0 Å². The van der Waals surface area contributed by atoms with Crippen LogP contribution in [0.15, 0.2) is 23.1 Å². The van der Waals surface area contributed by atoms with Crippen molar-refractivity contribution in [3.8, 4) is 0 Å². The third kappa shape index (κ3) is 4.35. The second-order valence-corrected chi connectivity index (χ2v) is 8.12. The highest BCUT2D eigenvalue weighted by Gasteiger charge is 2.33. The molecule has 0 aliphatic heterocycles. The van der Waals surface area contributed by atoms with Gasteiger partial charge in [-0.05, 0) is 55.9 Å². The summed E-state index contributed by atoms with van der Waals surface area (Å²) in [7, 11) is -3.96. The van der Waals surface area contributed by atoms with E-state index < -0.39 is 22.0 Å². The lowest BCUT2D eigenvalue weighted by Gasteiger charge is -2.23. The van der Waals surface area contributed by atoms with Crippen molar-refractivity contribution in [2.75, 3.05) is 0 Å². The van der Waals surface area contributed by atoms with Crippen LogP contribution in [0.5, 0.6) is 0 Å². The maximum absolute atomic E-state index is 12.5. The minimum absolute atomic E-state index is 0.0242. The fourth-order valence-corrected chi connectivity index (χ4v) is 4.13. The molecule has 1 aliphatic carbocycles. The minimum Gasteiger partial charge on any atom is -0.344 e. The Hall–Kier alpha value is -1.89. The van der Waals surface area contributed by atoms with Gasteiger partial charge in [-0.25, -0.2) is 13.1 Å². The molecule has 0 radical (unpaired) electrons. The summed E-state index contributed by atoms with van der Waals surface area (Å²) in [4.78, 5) is 23.9. The Bertz CT molecular complexity index is 737. The molecule has 24 heavy (non-hydrogen) atoms. The monoisotopic (exact) mass is 352 g/mol. The summed E-state index contributed by atoms with van der Waals surface area (Å²) in [6.45, 7) is 5.03. The SMILES string of the molecule is CC(=O)N[C@@H](C(=O)NS(=O)(=O)c1ccc(C)c(C)c1)C1CCCC1. The lowest BCUT2D eigenvalue weighted by Crippen LogP contribution is -2.51. The Morgan fingerprint density at radius 1 is 1.12 bits per heavy atom. The van der Waals surface area contributed by atoms with E-state index in [9.17, 15) is 18.0 Å². The highest BCUT2D eigenvalue weighted by molar-refractivity contribution is 7.90. The van der Waals surface area contributed by atoms with Gasteiger partial charge in [0.2, 0.25) is 5.91 Å². The molecule has 2 N–H and O–H groups in total. The van der Waals surface area contributed by atoms with Crippen LogP contribution in [-0.2, 0) is 19.6 Å². The Morgan fingerprint density at radius 2 is 1.75 bits per heavy atom. The molecule has 2 amide bonds. The van der Waals surface area contributed by atoms with E-state index in [2.05, 4.69) is 10.0 Å². The summed E-state index contributed by atoms with van der Waals surface area (Å²) < 4.78 is 27.1. The molecule has 0 saturated heterocycles. The predicted octanol–water partition coefficient (Wildman–Crippen LogP) is 1.80. The first-order valence-corrected chi connectivity index (χ1v) is 9.60. The summed E-state index contributed by atoms with van der Waals surface area (Å²) >= 11 is 0. The first-order chi connectivity index (χ1) is 11.2. The Labute approximate surface area is 143 Å². The molecule has 1 aliphatic rings. The van der Waals surface area contributed by atoms with Gasteiger partial charge in [0.05, 0.1) is 4.90 Å². The van der Waals surface area contributed by atoms with E-state index in [0.29, 0.717) is 0 Å². The highest BCUT2D eigenvalue weighted by atomic mass is 32.2. The van der Waals surface area contributed by atoms with Crippen LogP contribution in [-0.4, -0.2) is 26.3 Å². The zero-order valence-corrected chi connectivity index (χ0v) is 15.1. The molecule has 7 heteroatoms. The van der Waals surface area contributed by atoms with Crippen LogP contribution in [0.1, 0.15) is 43.7 Å². The summed E-state index contributed by atoms with van der Waals surface area (Å²) in [5.74, 6) is -1.04.